The van der Waals surface area contributed by atoms with E-state index in [2.05, 4.69) is 42.2 Å². The van der Waals surface area contributed by atoms with Crippen LogP contribution in [0.5, 0.6) is 0 Å². The lowest BCUT2D eigenvalue weighted by molar-refractivity contribution is 0.561. The quantitative estimate of drug-likeness (QED) is 0.873. The summed E-state index contributed by atoms with van der Waals surface area (Å²) in [6.07, 6.45) is 4.15. The highest BCUT2D eigenvalue weighted by Crippen LogP contribution is 2.34. The zero-order chi connectivity index (χ0) is 13.9. The van der Waals surface area contributed by atoms with Gasteiger partial charge >= 0.3 is 0 Å². The number of hydrogen-bond donors (Lipinski definition) is 1. The van der Waals surface area contributed by atoms with Gasteiger partial charge in [-0.05, 0) is 43.5 Å². The Balaban J connectivity index is 1.63. The maximum absolute atomic E-state index is 6.41. The van der Waals surface area contributed by atoms with E-state index in [-0.39, 0.29) is 6.04 Å². The van der Waals surface area contributed by atoms with Crippen LogP contribution in [-0.2, 0) is 6.42 Å². The third kappa shape index (κ3) is 2.89. The molecule has 104 valence electrons. The molecule has 0 radical (unpaired) electrons. The summed E-state index contributed by atoms with van der Waals surface area (Å²) in [7, 11) is 0. The molecule has 0 spiro atoms. The van der Waals surface area contributed by atoms with Gasteiger partial charge in [0.05, 0.1) is 0 Å². The molecule has 2 aromatic rings. The zero-order valence-electron chi connectivity index (χ0n) is 11.8. The molecule has 3 rings (SSSR count). The molecule has 0 amide bonds. The van der Waals surface area contributed by atoms with E-state index in [9.17, 15) is 0 Å². The van der Waals surface area contributed by atoms with Crippen molar-refractivity contribution in [3.8, 4) is 0 Å². The Morgan fingerprint density at radius 3 is 2.90 bits per heavy atom. The monoisotopic (exact) mass is 284 g/mol. The second-order valence-electron chi connectivity index (χ2n) is 5.48. The number of nitrogens with zero attached hydrogens (tertiary/aromatic N) is 1. The van der Waals surface area contributed by atoms with E-state index in [1.807, 2.05) is 24.0 Å². The average Bonchev–Trinajstić information content (AvgIpc) is 2.90. The number of benzene rings is 1. The summed E-state index contributed by atoms with van der Waals surface area (Å²) < 4.78 is 0. The number of fused-ring (bicyclic) bond motifs is 1. The van der Waals surface area contributed by atoms with E-state index in [4.69, 9.17) is 5.73 Å². The largest absolute Gasteiger partial charge is 0.326 e. The molecular weight excluding hydrogens is 264 g/mol. The molecule has 1 aromatic heterocycles. The molecule has 1 aliphatic carbocycles. The van der Waals surface area contributed by atoms with Crippen LogP contribution in [0.3, 0.4) is 0 Å². The first-order valence-electron chi connectivity index (χ1n) is 7.13. The Hall–Kier alpha value is -1.32. The van der Waals surface area contributed by atoms with Crippen molar-refractivity contribution >= 4 is 11.8 Å². The van der Waals surface area contributed by atoms with Crippen molar-refractivity contribution in [3.63, 3.8) is 0 Å². The highest BCUT2D eigenvalue weighted by molar-refractivity contribution is 7.99. The number of aromatic nitrogens is 1. The number of rotatable bonds is 4. The Labute approximate surface area is 124 Å². The van der Waals surface area contributed by atoms with Crippen LogP contribution in [0, 0.1) is 6.92 Å². The Morgan fingerprint density at radius 1 is 1.30 bits per heavy atom. The Bertz CT molecular complexity index is 580. The van der Waals surface area contributed by atoms with Crippen LogP contribution in [0.2, 0.25) is 0 Å². The van der Waals surface area contributed by atoms with Crippen LogP contribution < -0.4 is 5.73 Å². The number of hydrogen-bond acceptors (Lipinski definition) is 3. The van der Waals surface area contributed by atoms with Crippen LogP contribution in [-0.4, -0.2) is 16.8 Å². The van der Waals surface area contributed by atoms with Crippen molar-refractivity contribution in [2.75, 3.05) is 5.75 Å². The van der Waals surface area contributed by atoms with E-state index in [1.54, 1.807) is 0 Å². The summed E-state index contributed by atoms with van der Waals surface area (Å²) in [5, 5.41) is 0. The van der Waals surface area contributed by atoms with Gasteiger partial charge in [-0.2, -0.15) is 0 Å². The van der Waals surface area contributed by atoms with Crippen LogP contribution in [0.25, 0.3) is 0 Å². The molecule has 1 aliphatic rings. The zero-order valence-corrected chi connectivity index (χ0v) is 12.6. The lowest BCUT2D eigenvalue weighted by atomic mass is 9.99. The molecule has 1 aromatic carbocycles. The number of nitrogens with two attached hydrogens (primary N) is 1. The van der Waals surface area contributed by atoms with Gasteiger partial charge in [0.15, 0.2) is 0 Å². The Morgan fingerprint density at radius 2 is 2.10 bits per heavy atom. The Kier molecular flexibility index (Phi) is 4.08. The standard InChI is InChI=1S/C17H20N2S/c1-12-4-7-14(8-5-12)20-11-16(18)15-9-6-13-3-2-10-19-17(13)15/h2-5,7-8,10,15-16H,6,9,11,18H2,1H3. The SMILES string of the molecule is Cc1ccc(SCC(N)C2CCc3cccnc32)cc1. The van der Waals surface area contributed by atoms with Gasteiger partial charge in [-0.1, -0.05) is 23.8 Å². The fourth-order valence-electron chi connectivity index (χ4n) is 2.80. The van der Waals surface area contributed by atoms with Crippen LogP contribution in [0.4, 0.5) is 0 Å². The fraction of sp³-hybridized carbons (Fsp3) is 0.353. The van der Waals surface area contributed by atoms with Gasteiger partial charge in [0.2, 0.25) is 0 Å². The smallest absolute Gasteiger partial charge is 0.0482 e. The van der Waals surface area contributed by atoms with E-state index in [1.165, 1.54) is 21.7 Å². The first kappa shape index (κ1) is 13.7. The van der Waals surface area contributed by atoms with Crippen molar-refractivity contribution in [1.29, 1.82) is 0 Å². The summed E-state index contributed by atoms with van der Waals surface area (Å²) >= 11 is 1.85. The predicted octanol–water partition coefficient (Wildman–Crippen LogP) is 3.54. The van der Waals surface area contributed by atoms with Gasteiger partial charge in [0, 0.05) is 34.5 Å². The summed E-state index contributed by atoms with van der Waals surface area (Å²) in [5.41, 5.74) is 10.3. The lowest BCUT2D eigenvalue weighted by Gasteiger charge is -2.19. The van der Waals surface area contributed by atoms with Gasteiger partial charge in [-0.25, -0.2) is 0 Å². The molecule has 2 unspecified atom stereocenters. The van der Waals surface area contributed by atoms with Gasteiger partial charge in [0.25, 0.3) is 0 Å². The lowest BCUT2D eigenvalue weighted by Crippen LogP contribution is -2.30. The molecule has 0 bridgehead atoms. The molecule has 2 nitrogen and oxygen atoms in total. The van der Waals surface area contributed by atoms with E-state index >= 15 is 0 Å². The highest BCUT2D eigenvalue weighted by Gasteiger charge is 2.28. The minimum Gasteiger partial charge on any atom is -0.326 e. The second-order valence-corrected chi connectivity index (χ2v) is 6.57. The number of pyridine rings is 1. The maximum Gasteiger partial charge on any atom is 0.0482 e. The normalized spacial score (nSPS) is 18.8. The van der Waals surface area contributed by atoms with Crippen LogP contribution in [0.15, 0.2) is 47.5 Å². The number of thioether (sulfide) groups is 1. The van der Waals surface area contributed by atoms with E-state index < -0.39 is 0 Å². The average molecular weight is 284 g/mol. The molecule has 2 N–H and O–H groups in total. The minimum absolute atomic E-state index is 0.178. The molecule has 3 heteroatoms. The molecule has 1 heterocycles. The fourth-order valence-corrected chi connectivity index (χ4v) is 3.75. The minimum atomic E-state index is 0.178. The molecule has 0 saturated carbocycles. The maximum atomic E-state index is 6.41. The summed E-state index contributed by atoms with van der Waals surface area (Å²) in [6.45, 7) is 2.11. The van der Waals surface area contributed by atoms with E-state index in [0.717, 1.165) is 18.6 Å². The first-order chi connectivity index (χ1) is 9.74. The molecule has 0 saturated heterocycles. The second kappa shape index (κ2) is 5.98. The van der Waals surface area contributed by atoms with Crippen molar-refractivity contribution in [1.82, 2.24) is 4.98 Å². The third-order valence-electron chi connectivity index (χ3n) is 3.98. The summed E-state index contributed by atoms with van der Waals surface area (Å²) in [6, 6.07) is 13.0. The van der Waals surface area contributed by atoms with Crippen molar-refractivity contribution in [2.45, 2.75) is 36.6 Å². The third-order valence-corrected chi connectivity index (χ3v) is 5.14. The highest BCUT2D eigenvalue weighted by atomic mass is 32.2. The summed E-state index contributed by atoms with van der Waals surface area (Å²) in [5.74, 6) is 1.37. The first-order valence-corrected chi connectivity index (χ1v) is 8.11. The van der Waals surface area contributed by atoms with Gasteiger partial charge < -0.3 is 5.73 Å². The van der Waals surface area contributed by atoms with Crippen LogP contribution in [0.1, 0.15) is 29.2 Å². The van der Waals surface area contributed by atoms with Crippen LogP contribution >= 0.6 is 11.8 Å². The molecular formula is C17H20N2S. The molecule has 2 atom stereocenters. The molecule has 0 aliphatic heterocycles. The molecule has 0 fully saturated rings. The van der Waals surface area contributed by atoms with Crippen molar-refractivity contribution in [3.05, 3.63) is 59.4 Å². The topological polar surface area (TPSA) is 38.9 Å². The van der Waals surface area contributed by atoms with Crippen molar-refractivity contribution < 1.29 is 0 Å². The van der Waals surface area contributed by atoms with E-state index in [0.29, 0.717) is 5.92 Å². The van der Waals surface area contributed by atoms with Gasteiger partial charge in [0.1, 0.15) is 0 Å². The summed E-state index contributed by atoms with van der Waals surface area (Å²) in [4.78, 5) is 5.84. The number of aryl methyl sites for hydroxylation is 2. The predicted molar refractivity (Wildman–Crippen MR) is 85.2 cm³/mol. The van der Waals surface area contributed by atoms with Crippen molar-refractivity contribution in [2.24, 2.45) is 5.73 Å². The van der Waals surface area contributed by atoms with Gasteiger partial charge in [-0.15, -0.1) is 11.8 Å². The molecule has 20 heavy (non-hydrogen) atoms. The van der Waals surface area contributed by atoms with Gasteiger partial charge in [-0.3, -0.25) is 4.98 Å².